The molecule has 0 saturated heterocycles. The van der Waals surface area contributed by atoms with Crippen molar-refractivity contribution in [3.05, 3.63) is 23.9 Å². The van der Waals surface area contributed by atoms with Gasteiger partial charge in [0.2, 0.25) is 0 Å². The first-order chi connectivity index (χ1) is 9.45. The molecular weight excluding hydrogens is 276 g/mol. The molecule has 0 aromatic carbocycles. The van der Waals surface area contributed by atoms with Crippen LogP contribution in [-0.4, -0.2) is 44.4 Å². The second-order valence-electron chi connectivity index (χ2n) is 4.70. The number of aryl methyl sites for hydroxylation is 1. The maximum Gasteiger partial charge on any atom is 0.302 e. The monoisotopic (exact) mass is 300 g/mol. The van der Waals surface area contributed by atoms with Crippen molar-refractivity contribution in [2.75, 3.05) is 31.4 Å². The Hall–Kier alpha value is -1.18. The lowest BCUT2D eigenvalue weighted by Gasteiger charge is -2.18. The number of pyridine rings is 1. The third-order valence-electron chi connectivity index (χ3n) is 2.79. The second kappa shape index (κ2) is 8.18. The van der Waals surface area contributed by atoms with Gasteiger partial charge in [-0.1, -0.05) is 13.0 Å². The van der Waals surface area contributed by atoms with Crippen LogP contribution in [0.2, 0.25) is 0 Å². The highest BCUT2D eigenvalue weighted by atomic mass is 32.2. The molecule has 0 radical (unpaired) electrons. The van der Waals surface area contributed by atoms with E-state index >= 15 is 0 Å². The van der Waals surface area contributed by atoms with Crippen LogP contribution in [0.3, 0.4) is 0 Å². The minimum atomic E-state index is -3.53. The van der Waals surface area contributed by atoms with Gasteiger partial charge in [0.1, 0.15) is 5.82 Å². The standard InChI is InChI=1S/C13H24N4O2S/c1-4-9-14-10-6-11-17(3)20(18,19)16-13-8-5-7-12(2)15-13/h5,7-8,14H,4,6,9-11H2,1-3H3,(H,15,16). The summed E-state index contributed by atoms with van der Waals surface area (Å²) >= 11 is 0. The van der Waals surface area contributed by atoms with Crippen LogP contribution in [0.4, 0.5) is 5.82 Å². The van der Waals surface area contributed by atoms with Gasteiger partial charge in [-0.05, 0) is 45.0 Å². The van der Waals surface area contributed by atoms with Crippen molar-refractivity contribution in [2.24, 2.45) is 0 Å². The van der Waals surface area contributed by atoms with Crippen molar-refractivity contribution in [1.29, 1.82) is 0 Å². The summed E-state index contributed by atoms with van der Waals surface area (Å²) < 4.78 is 28.0. The average Bonchev–Trinajstić information content (AvgIpc) is 2.37. The van der Waals surface area contributed by atoms with E-state index in [2.05, 4.69) is 21.9 Å². The SMILES string of the molecule is CCCNCCCN(C)S(=O)(=O)Nc1cccc(C)n1. The Morgan fingerprint density at radius 2 is 2.05 bits per heavy atom. The molecule has 114 valence electrons. The molecule has 0 unspecified atom stereocenters. The summed E-state index contributed by atoms with van der Waals surface area (Å²) in [6, 6.07) is 5.23. The van der Waals surface area contributed by atoms with Crippen molar-refractivity contribution in [2.45, 2.75) is 26.7 Å². The van der Waals surface area contributed by atoms with Crippen molar-refractivity contribution >= 4 is 16.0 Å². The lowest BCUT2D eigenvalue weighted by Crippen LogP contribution is -2.34. The topological polar surface area (TPSA) is 74.3 Å². The molecule has 0 spiro atoms. The van der Waals surface area contributed by atoms with E-state index in [4.69, 9.17) is 0 Å². The molecule has 0 aliphatic heterocycles. The Bertz CT molecular complexity index is 505. The number of aromatic nitrogens is 1. The molecule has 0 fully saturated rings. The number of rotatable bonds is 9. The zero-order valence-electron chi connectivity index (χ0n) is 12.4. The molecule has 0 aliphatic rings. The highest BCUT2D eigenvalue weighted by Gasteiger charge is 2.17. The highest BCUT2D eigenvalue weighted by molar-refractivity contribution is 7.90. The van der Waals surface area contributed by atoms with Crippen LogP contribution in [-0.2, 0) is 10.2 Å². The number of nitrogens with one attached hydrogen (secondary N) is 2. The summed E-state index contributed by atoms with van der Waals surface area (Å²) in [6.07, 6.45) is 1.85. The van der Waals surface area contributed by atoms with E-state index in [0.717, 1.165) is 31.6 Å². The Morgan fingerprint density at radius 3 is 2.70 bits per heavy atom. The summed E-state index contributed by atoms with van der Waals surface area (Å²) in [5.41, 5.74) is 0.775. The van der Waals surface area contributed by atoms with E-state index in [1.54, 1.807) is 19.2 Å². The number of hydrogen-bond donors (Lipinski definition) is 2. The third-order valence-corrected chi connectivity index (χ3v) is 4.26. The van der Waals surface area contributed by atoms with Gasteiger partial charge in [0, 0.05) is 19.3 Å². The first-order valence-electron chi connectivity index (χ1n) is 6.84. The van der Waals surface area contributed by atoms with Gasteiger partial charge in [-0.3, -0.25) is 4.72 Å². The number of nitrogens with zero attached hydrogens (tertiary/aromatic N) is 2. The van der Waals surface area contributed by atoms with Crippen LogP contribution >= 0.6 is 0 Å². The molecule has 2 N–H and O–H groups in total. The summed E-state index contributed by atoms with van der Waals surface area (Å²) in [4.78, 5) is 4.13. The van der Waals surface area contributed by atoms with Crippen LogP contribution < -0.4 is 10.0 Å². The van der Waals surface area contributed by atoms with Gasteiger partial charge in [-0.15, -0.1) is 0 Å². The van der Waals surface area contributed by atoms with E-state index in [0.29, 0.717) is 12.4 Å². The molecule has 20 heavy (non-hydrogen) atoms. The molecule has 0 bridgehead atoms. The fourth-order valence-electron chi connectivity index (χ4n) is 1.66. The molecule has 1 heterocycles. The normalized spacial score (nSPS) is 11.8. The predicted molar refractivity (Wildman–Crippen MR) is 81.9 cm³/mol. The first kappa shape index (κ1) is 16.9. The second-order valence-corrected chi connectivity index (χ2v) is 6.47. The Balaban J connectivity index is 2.47. The summed E-state index contributed by atoms with van der Waals surface area (Å²) in [5.74, 6) is 0.348. The smallest absolute Gasteiger partial charge is 0.302 e. The van der Waals surface area contributed by atoms with Crippen molar-refractivity contribution in [3.63, 3.8) is 0 Å². The number of hydrogen-bond acceptors (Lipinski definition) is 4. The Labute approximate surface area is 121 Å². The highest BCUT2D eigenvalue weighted by Crippen LogP contribution is 2.08. The third kappa shape index (κ3) is 5.85. The van der Waals surface area contributed by atoms with E-state index in [1.165, 1.54) is 4.31 Å². The minimum Gasteiger partial charge on any atom is -0.317 e. The zero-order valence-corrected chi connectivity index (χ0v) is 13.2. The van der Waals surface area contributed by atoms with E-state index in [9.17, 15) is 8.42 Å². The molecule has 7 heteroatoms. The largest absolute Gasteiger partial charge is 0.317 e. The van der Waals surface area contributed by atoms with Crippen LogP contribution in [0.15, 0.2) is 18.2 Å². The Kier molecular flexibility index (Phi) is 6.90. The molecule has 6 nitrogen and oxygen atoms in total. The fourth-order valence-corrected chi connectivity index (χ4v) is 2.56. The van der Waals surface area contributed by atoms with Gasteiger partial charge in [0.15, 0.2) is 0 Å². The van der Waals surface area contributed by atoms with Gasteiger partial charge in [0.05, 0.1) is 0 Å². The van der Waals surface area contributed by atoms with Gasteiger partial charge < -0.3 is 5.32 Å². The number of anilines is 1. The van der Waals surface area contributed by atoms with Crippen molar-refractivity contribution in [1.82, 2.24) is 14.6 Å². The van der Waals surface area contributed by atoms with E-state index in [-0.39, 0.29) is 0 Å². The molecule has 0 atom stereocenters. The van der Waals surface area contributed by atoms with Gasteiger partial charge >= 0.3 is 10.2 Å². The lowest BCUT2D eigenvalue weighted by atomic mass is 10.4. The Morgan fingerprint density at radius 1 is 1.30 bits per heavy atom. The molecule has 0 amide bonds. The molecule has 0 aliphatic carbocycles. The van der Waals surface area contributed by atoms with Crippen LogP contribution in [0.1, 0.15) is 25.5 Å². The fraction of sp³-hybridized carbons (Fsp3) is 0.615. The van der Waals surface area contributed by atoms with Crippen LogP contribution in [0.25, 0.3) is 0 Å². The molecule has 1 aromatic heterocycles. The maximum absolute atomic E-state index is 12.1. The average molecular weight is 300 g/mol. The molecule has 1 rings (SSSR count). The van der Waals surface area contributed by atoms with Gasteiger partial charge in [-0.25, -0.2) is 4.98 Å². The molecular formula is C13H24N4O2S. The van der Waals surface area contributed by atoms with Crippen molar-refractivity contribution < 1.29 is 8.42 Å². The maximum atomic E-state index is 12.1. The minimum absolute atomic E-state index is 0.348. The first-order valence-corrected chi connectivity index (χ1v) is 8.28. The lowest BCUT2D eigenvalue weighted by molar-refractivity contribution is 0.458. The zero-order chi connectivity index (χ0) is 15.0. The quantitative estimate of drug-likeness (QED) is 0.676. The van der Waals surface area contributed by atoms with Crippen molar-refractivity contribution in [3.8, 4) is 0 Å². The summed E-state index contributed by atoms with van der Waals surface area (Å²) in [7, 11) is -1.96. The molecule has 0 saturated carbocycles. The van der Waals surface area contributed by atoms with Gasteiger partial charge in [-0.2, -0.15) is 12.7 Å². The summed E-state index contributed by atoms with van der Waals surface area (Å²) in [6.45, 7) is 6.17. The van der Waals surface area contributed by atoms with E-state index in [1.807, 2.05) is 13.0 Å². The van der Waals surface area contributed by atoms with Crippen LogP contribution in [0.5, 0.6) is 0 Å². The van der Waals surface area contributed by atoms with Crippen LogP contribution in [0, 0.1) is 6.92 Å². The van der Waals surface area contributed by atoms with Gasteiger partial charge in [0.25, 0.3) is 0 Å². The summed E-state index contributed by atoms with van der Waals surface area (Å²) in [5, 5.41) is 3.24. The van der Waals surface area contributed by atoms with E-state index < -0.39 is 10.2 Å². The molecule has 1 aromatic rings. The predicted octanol–water partition coefficient (Wildman–Crippen LogP) is 1.37.